The van der Waals surface area contributed by atoms with Crippen molar-refractivity contribution in [3.05, 3.63) is 69.7 Å². The number of benzene rings is 2. The minimum atomic E-state index is -3.83. The van der Waals surface area contributed by atoms with Crippen LogP contribution < -0.4 is 19.8 Å². The lowest BCUT2D eigenvalue weighted by atomic mass is 10.1. The van der Waals surface area contributed by atoms with E-state index in [1.165, 1.54) is 23.0 Å². The van der Waals surface area contributed by atoms with Gasteiger partial charge in [0.15, 0.2) is 0 Å². The molecule has 0 saturated carbocycles. The summed E-state index contributed by atoms with van der Waals surface area (Å²) >= 11 is 3.28. The van der Waals surface area contributed by atoms with E-state index >= 15 is 0 Å². The average Bonchev–Trinajstić information content (AvgIpc) is 2.76. The van der Waals surface area contributed by atoms with Crippen molar-refractivity contribution < 1.29 is 17.9 Å². The van der Waals surface area contributed by atoms with Crippen molar-refractivity contribution in [2.75, 3.05) is 20.3 Å². The molecular formula is C21H22BrN3O5S. The number of methoxy groups -OCH3 is 1. The van der Waals surface area contributed by atoms with Crippen molar-refractivity contribution in [3.8, 4) is 22.8 Å². The standard InChI is InChI=1S/C21H22BrN3O5S/c1-3-30-19-9-6-16(22)12-20(19)31(27,28)24-10-11-25-14-23-18(13-21(25)26)15-4-7-17(29-2)8-5-15/h4-9,12-14,24H,3,10-11H2,1-2H3. The van der Waals surface area contributed by atoms with Gasteiger partial charge in [0.2, 0.25) is 10.0 Å². The van der Waals surface area contributed by atoms with Crippen LogP contribution in [0.4, 0.5) is 0 Å². The molecule has 0 atom stereocenters. The van der Waals surface area contributed by atoms with E-state index in [-0.39, 0.29) is 29.3 Å². The van der Waals surface area contributed by atoms with Crippen LogP contribution in [0.15, 0.2) is 69.0 Å². The zero-order chi connectivity index (χ0) is 22.4. The second kappa shape index (κ2) is 10.1. The van der Waals surface area contributed by atoms with E-state index in [1.807, 2.05) is 12.1 Å². The molecule has 2 aromatic carbocycles. The lowest BCUT2D eigenvalue weighted by molar-refractivity contribution is 0.331. The van der Waals surface area contributed by atoms with Crippen molar-refractivity contribution in [1.29, 1.82) is 0 Å². The van der Waals surface area contributed by atoms with Crippen molar-refractivity contribution >= 4 is 26.0 Å². The second-order valence-corrected chi connectivity index (χ2v) is 9.11. The fourth-order valence-electron chi connectivity index (χ4n) is 2.86. The summed E-state index contributed by atoms with van der Waals surface area (Å²) in [7, 11) is -2.25. The molecule has 0 spiro atoms. The van der Waals surface area contributed by atoms with Crippen LogP contribution in [0, 0.1) is 0 Å². The van der Waals surface area contributed by atoms with Crippen molar-refractivity contribution in [2.24, 2.45) is 0 Å². The van der Waals surface area contributed by atoms with Gasteiger partial charge in [-0.25, -0.2) is 18.1 Å². The third-order valence-corrected chi connectivity index (χ3v) is 6.38. The van der Waals surface area contributed by atoms with Crippen molar-refractivity contribution in [3.63, 3.8) is 0 Å². The smallest absolute Gasteiger partial charge is 0.253 e. The van der Waals surface area contributed by atoms with Gasteiger partial charge in [0.05, 0.1) is 25.7 Å². The first-order chi connectivity index (χ1) is 14.8. The van der Waals surface area contributed by atoms with E-state index in [0.717, 1.165) is 5.56 Å². The minimum Gasteiger partial charge on any atom is -0.497 e. The van der Waals surface area contributed by atoms with Gasteiger partial charge in [-0.2, -0.15) is 0 Å². The number of aromatic nitrogens is 2. The lowest BCUT2D eigenvalue weighted by Gasteiger charge is -2.13. The number of nitrogens with zero attached hydrogens (tertiary/aromatic N) is 2. The molecule has 0 radical (unpaired) electrons. The maximum Gasteiger partial charge on any atom is 0.253 e. The normalized spacial score (nSPS) is 11.3. The molecule has 0 saturated heterocycles. The molecule has 1 heterocycles. The Bertz CT molecular complexity index is 1210. The van der Waals surface area contributed by atoms with E-state index in [9.17, 15) is 13.2 Å². The molecule has 0 amide bonds. The van der Waals surface area contributed by atoms with Gasteiger partial charge in [0, 0.05) is 29.2 Å². The number of hydrogen-bond acceptors (Lipinski definition) is 6. The Morgan fingerprint density at radius 1 is 1.13 bits per heavy atom. The van der Waals surface area contributed by atoms with Crippen molar-refractivity contribution in [1.82, 2.24) is 14.3 Å². The largest absolute Gasteiger partial charge is 0.497 e. The molecule has 0 aliphatic carbocycles. The molecule has 0 bridgehead atoms. The second-order valence-electron chi connectivity index (χ2n) is 6.46. The van der Waals surface area contributed by atoms with Crippen LogP contribution in [0.5, 0.6) is 11.5 Å². The van der Waals surface area contributed by atoms with E-state index in [2.05, 4.69) is 25.6 Å². The zero-order valence-electron chi connectivity index (χ0n) is 17.0. The van der Waals surface area contributed by atoms with Crippen LogP contribution in [0.1, 0.15) is 6.92 Å². The monoisotopic (exact) mass is 507 g/mol. The first-order valence-corrected chi connectivity index (χ1v) is 11.7. The summed E-state index contributed by atoms with van der Waals surface area (Å²) in [4.78, 5) is 16.8. The van der Waals surface area contributed by atoms with Crippen molar-refractivity contribution in [2.45, 2.75) is 18.4 Å². The molecule has 3 rings (SSSR count). The van der Waals surface area contributed by atoms with E-state index in [4.69, 9.17) is 9.47 Å². The third kappa shape index (κ3) is 5.72. The Labute approximate surface area is 189 Å². The van der Waals surface area contributed by atoms with Crippen LogP contribution >= 0.6 is 15.9 Å². The first kappa shape index (κ1) is 23.0. The van der Waals surface area contributed by atoms with Crippen LogP contribution in [0.3, 0.4) is 0 Å². The SMILES string of the molecule is CCOc1ccc(Br)cc1S(=O)(=O)NCCn1cnc(-c2ccc(OC)cc2)cc1=O. The van der Waals surface area contributed by atoms with Crippen LogP contribution in [-0.2, 0) is 16.6 Å². The molecule has 31 heavy (non-hydrogen) atoms. The van der Waals surface area contributed by atoms with Gasteiger partial charge < -0.3 is 9.47 Å². The van der Waals surface area contributed by atoms with Gasteiger partial charge in [-0.15, -0.1) is 0 Å². The number of nitrogens with one attached hydrogen (secondary N) is 1. The molecule has 3 aromatic rings. The molecular weight excluding hydrogens is 486 g/mol. The van der Waals surface area contributed by atoms with Gasteiger partial charge in [-0.3, -0.25) is 9.36 Å². The summed E-state index contributed by atoms with van der Waals surface area (Å²) in [6, 6.07) is 13.4. The number of rotatable bonds is 9. The van der Waals surface area contributed by atoms with Gasteiger partial charge in [-0.05, 0) is 49.4 Å². The summed E-state index contributed by atoms with van der Waals surface area (Å²) in [5, 5.41) is 0. The Balaban J connectivity index is 1.70. The fourth-order valence-corrected chi connectivity index (χ4v) is 4.56. The maximum atomic E-state index is 12.7. The van der Waals surface area contributed by atoms with E-state index < -0.39 is 10.0 Å². The Morgan fingerprint density at radius 2 is 1.87 bits per heavy atom. The zero-order valence-corrected chi connectivity index (χ0v) is 19.4. The number of hydrogen-bond donors (Lipinski definition) is 1. The van der Waals surface area contributed by atoms with Crippen LogP contribution in [0.25, 0.3) is 11.3 Å². The summed E-state index contributed by atoms with van der Waals surface area (Å²) in [6.45, 7) is 2.27. The molecule has 164 valence electrons. The van der Waals surface area contributed by atoms with Crippen LogP contribution in [-0.4, -0.2) is 38.2 Å². The quantitative estimate of drug-likeness (QED) is 0.477. The fraction of sp³-hybridized carbons (Fsp3) is 0.238. The van der Waals surface area contributed by atoms with Gasteiger partial charge >= 0.3 is 0 Å². The number of halogens is 1. The molecule has 0 aliphatic heterocycles. The molecule has 0 fully saturated rings. The first-order valence-electron chi connectivity index (χ1n) is 9.47. The minimum absolute atomic E-state index is 0.0177. The molecule has 0 aliphatic rings. The van der Waals surface area contributed by atoms with E-state index in [1.54, 1.807) is 38.3 Å². The third-order valence-electron chi connectivity index (χ3n) is 4.41. The number of sulfonamides is 1. The Morgan fingerprint density at radius 3 is 2.52 bits per heavy atom. The van der Waals surface area contributed by atoms with Gasteiger partial charge in [0.1, 0.15) is 16.4 Å². The molecule has 1 aromatic heterocycles. The van der Waals surface area contributed by atoms with Crippen LogP contribution in [0.2, 0.25) is 0 Å². The molecule has 1 N–H and O–H groups in total. The predicted molar refractivity (Wildman–Crippen MR) is 121 cm³/mol. The molecule has 10 heteroatoms. The van der Waals surface area contributed by atoms with Gasteiger partial charge in [0.25, 0.3) is 5.56 Å². The van der Waals surface area contributed by atoms with E-state index in [0.29, 0.717) is 22.5 Å². The highest BCUT2D eigenvalue weighted by molar-refractivity contribution is 9.10. The van der Waals surface area contributed by atoms with Gasteiger partial charge in [-0.1, -0.05) is 15.9 Å². The predicted octanol–water partition coefficient (Wildman–Crippen LogP) is 3.06. The molecule has 8 nitrogen and oxygen atoms in total. The lowest BCUT2D eigenvalue weighted by Crippen LogP contribution is -2.31. The Kier molecular flexibility index (Phi) is 7.47. The number of ether oxygens (including phenoxy) is 2. The summed E-state index contributed by atoms with van der Waals surface area (Å²) in [5.74, 6) is 0.975. The highest BCUT2D eigenvalue weighted by atomic mass is 79.9. The summed E-state index contributed by atoms with van der Waals surface area (Å²) < 4.78 is 40.5. The average molecular weight is 508 g/mol. The molecule has 0 unspecified atom stereocenters. The highest BCUT2D eigenvalue weighted by Crippen LogP contribution is 2.27. The maximum absolute atomic E-state index is 12.7. The Hall–Kier alpha value is -2.69. The summed E-state index contributed by atoms with van der Waals surface area (Å²) in [5.41, 5.74) is 1.03. The highest BCUT2D eigenvalue weighted by Gasteiger charge is 2.20. The summed E-state index contributed by atoms with van der Waals surface area (Å²) in [6.07, 6.45) is 1.40. The topological polar surface area (TPSA) is 99.5 Å².